The van der Waals surface area contributed by atoms with E-state index < -0.39 is 0 Å². The smallest absolute Gasteiger partial charge is 0.222 e. The Kier molecular flexibility index (Phi) is 3.20. The summed E-state index contributed by atoms with van der Waals surface area (Å²) in [6, 6.07) is 3.82. The first kappa shape index (κ1) is 11.3. The van der Waals surface area contributed by atoms with Crippen LogP contribution >= 0.6 is 0 Å². The van der Waals surface area contributed by atoms with Crippen molar-refractivity contribution in [1.82, 2.24) is 9.97 Å². The summed E-state index contributed by atoms with van der Waals surface area (Å²) < 4.78 is 5.26. The largest absolute Gasteiger partial charge is 0.480 e. The molecule has 0 amide bonds. The second kappa shape index (κ2) is 4.80. The molecule has 0 aliphatic heterocycles. The lowest BCUT2D eigenvalue weighted by Crippen LogP contribution is -2.07. The third-order valence-electron chi connectivity index (χ3n) is 2.37. The zero-order chi connectivity index (χ0) is 12.3. The standard InChI is InChI=1S/C12H14N4O/c1-8(6-13)16-12(17-2)10-7-15-11-9(10)4-3-5-14-11/h3-5,7H,1,6,13H2,2H3,(H,14,15). The minimum absolute atomic E-state index is 0.299. The van der Waals surface area contributed by atoms with Gasteiger partial charge in [0, 0.05) is 24.3 Å². The van der Waals surface area contributed by atoms with Crippen LogP contribution in [-0.4, -0.2) is 29.5 Å². The Morgan fingerprint density at radius 3 is 3.18 bits per heavy atom. The first-order chi connectivity index (χ1) is 8.26. The second-order valence-corrected chi connectivity index (χ2v) is 3.49. The Hall–Kier alpha value is -2.14. The third kappa shape index (κ3) is 2.19. The fourth-order valence-electron chi connectivity index (χ4n) is 1.54. The van der Waals surface area contributed by atoms with E-state index in [0.717, 1.165) is 16.6 Å². The molecule has 0 radical (unpaired) electrons. The van der Waals surface area contributed by atoms with Gasteiger partial charge in [-0.15, -0.1) is 0 Å². The first-order valence-corrected chi connectivity index (χ1v) is 5.19. The average Bonchev–Trinajstić information content (AvgIpc) is 2.79. The van der Waals surface area contributed by atoms with Crippen molar-refractivity contribution < 1.29 is 4.74 Å². The van der Waals surface area contributed by atoms with Crippen LogP contribution < -0.4 is 5.73 Å². The highest BCUT2D eigenvalue weighted by Crippen LogP contribution is 2.17. The Labute approximate surface area is 99.0 Å². The lowest BCUT2D eigenvalue weighted by Gasteiger charge is -2.04. The van der Waals surface area contributed by atoms with Gasteiger partial charge in [-0.3, -0.25) is 0 Å². The number of fused-ring (bicyclic) bond motifs is 1. The van der Waals surface area contributed by atoms with Gasteiger partial charge >= 0.3 is 0 Å². The number of hydrogen-bond donors (Lipinski definition) is 2. The normalized spacial score (nSPS) is 11.8. The highest BCUT2D eigenvalue weighted by Gasteiger charge is 2.11. The van der Waals surface area contributed by atoms with Gasteiger partial charge in [-0.05, 0) is 12.1 Å². The number of aliphatic imine (C=N–C) groups is 1. The van der Waals surface area contributed by atoms with Crippen LogP contribution in [0.5, 0.6) is 0 Å². The van der Waals surface area contributed by atoms with Gasteiger partial charge in [0.15, 0.2) is 0 Å². The Morgan fingerprint density at radius 1 is 1.65 bits per heavy atom. The highest BCUT2D eigenvalue weighted by atomic mass is 16.5. The fourth-order valence-corrected chi connectivity index (χ4v) is 1.54. The molecule has 0 fully saturated rings. The van der Waals surface area contributed by atoms with E-state index in [4.69, 9.17) is 10.5 Å². The Morgan fingerprint density at radius 2 is 2.47 bits per heavy atom. The number of ether oxygens (including phenoxy) is 1. The zero-order valence-electron chi connectivity index (χ0n) is 9.60. The number of aromatic nitrogens is 2. The van der Waals surface area contributed by atoms with E-state index in [1.54, 1.807) is 13.3 Å². The van der Waals surface area contributed by atoms with Crippen LogP contribution in [0.15, 0.2) is 41.8 Å². The summed E-state index contributed by atoms with van der Waals surface area (Å²) in [5.41, 5.74) is 7.68. The van der Waals surface area contributed by atoms with Crippen LogP contribution in [0, 0.1) is 0 Å². The molecule has 0 saturated carbocycles. The molecule has 3 N–H and O–H groups in total. The van der Waals surface area contributed by atoms with Gasteiger partial charge in [0.25, 0.3) is 0 Å². The summed E-state index contributed by atoms with van der Waals surface area (Å²) in [5.74, 6) is 0.486. The molecule has 0 aliphatic rings. The topological polar surface area (TPSA) is 76.3 Å². The maximum absolute atomic E-state index is 5.46. The van der Waals surface area contributed by atoms with Gasteiger partial charge in [0.05, 0.1) is 18.4 Å². The summed E-state index contributed by atoms with van der Waals surface area (Å²) in [6.45, 7) is 4.03. The van der Waals surface area contributed by atoms with E-state index in [1.807, 2.05) is 18.3 Å². The molecule has 0 aromatic carbocycles. The van der Waals surface area contributed by atoms with Crippen molar-refractivity contribution in [2.24, 2.45) is 10.7 Å². The molecule has 88 valence electrons. The summed E-state index contributed by atoms with van der Waals surface area (Å²) in [6.07, 6.45) is 3.54. The van der Waals surface area contributed by atoms with Gasteiger partial charge in [0.1, 0.15) is 5.65 Å². The number of H-pyrrole nitrogens is 1. The average molecular weight is 230 g/mol. The van der Waals surface area contributed by atoms with Gasteiger partial charge < -0.3 is 15.5 Å². The molecule has 0 aliphatic carbocycles. The predicted molar refractivity (Wildman–Crippen MR) is 67.8 cm³/mol. The lowest BCUT2D eigenvalue weighted by molar-refractivity contribution is 0.404. The molecule has 5 heteroatoms. The maximum atomic E-state index is 5.46. The van der Waals surface area contributed by atoms with Crippen LogP contribution in [0.1, 0.15) is 5.56 Å². The summed E-state index contributed by atoms with van der Waals surface area (Å²) in [4.78, 5) is 11.5. The van der Waals surface area contributed by atoms with Crippen molar-refractivity contribution in [2.45, 2.75) is 0 Å². The number of nitrogens with one attached hydrogen (secondary N) is 1. The molecule has 0 saturated heterocycles. The molecule has 2 aromatic heterocycles. The fraction of sp³-hybridized carbons (Fsp3) is 0.167. The van der Waals surface area contributed by atoms with Gasteiger partial charge in [-0.2, -0.15) is 0 Å². The predicted octanol–water partition coefficient (Wildman–Crippen LogP) is 1.43. The van der Waals surface area contributed by atoms with Gasteiger partial charge in [0.2, 0.25) is 5.90 Å². The van der Waals surface area contributed by atoms with Crippen molar-refractivity contribution in [1.29, 1.82) is 0 Å². The molecule has 2 rings (SSSR count). The number of nitrogens with zero attached hydrogens (tertiary/aromatic N) is 2. The van der Waals surface area contributed by atoms with Crippen LogP contribution in [0.4, 0.5) is 0 Å². The molecule has 0 spiro atoms. The van der Waals surface area contributed by atoms with E-state index in [0.29, 0.717) is 18.1 Å². The van der Waals surface area contributed by atoms with E-state index in [1.165, 1.54) is 0 Å². The first-order valence-electron chi connectivity index (χ1n) is 5.19. The van der Waals surface area contributed by atoms with Gasteiger partial charge in [-0.1, -0.05) is 6.58 Å². The maximum Gasteiger partial charge on any atom is 0.222 e. The van der Waals surface area contributed by atoms with Gasteiger partial charge in [-0.25, -0.2) is 9.98 Å². The van der Waals surface area contributed by atoms with E-state index in [9.17, 15) is 0 Å². The molecule has 2 aromatic rings. The van der Waals surface area contributed by atoms with Crippen molar-refractivity contribution in [3.8, 4) is 0 Å². The number of pyridine rings is 1. The van der Waals surface area contributed by atoms with Crippen LogP contribution in [0.3, 0.4) is 0 Å². The SMILES string of the molecule is C=C(CN)N=C(OC)c1c[nH]c2ncccc12. The molecule has 0 atom stereocenters. The Balaban J connectivity index is 2.51. The number of nitrogens with two attached hydrogens (primary N) is 1. The molecular formula is C12H14N4O. The lowest BCUT2D eigenvalue weighted by atomic mass is 10.2. The number of hydrogen-bond acceptors (Lipinski definition) is 4. The van der Waals surface area contributed by atoms with Crippen LogP contribution in [-0.2, 0) is 4.74 Å². The molecule has 0 unspecified atom stereocenters. The van der Waals surface area contributed by atoms with E-state index >= 15 is 0 Å². The molecule has 0 bridgehead atoms. The van der Waals surface area contributed by atoms with E-state index in [2.05, 4.69) is 21.5 Å². The molecular weight excluding hydrogens is 216 g/mol. The number of methoxy groups -OCH3 is 1. The summed E-state index contributed by atoms with van der Waals surface area (Å²) in [7, 11) is 1.57. The molecule has 2 heterocycles. The molecule has 17 heavy (non-hydrogen) atoms. The molecule has 5 nitrogen and oxygen atoms in total. The third-order valence-corrected chi connectivity index (χ3v) is 2.37. The number of rotatable bonds is 3. The van der Waals surface area contributed by atoms with E-state index in [-0.39, 0.29) is 0 Å². The summed E-state index contributed by atoms with van der Waals surface area (Å²) in [5, 5.41) is 0.956. The van der Waals surface area contributed by atoms with Crippen molar-refractivity contribution >= 4 is 16.9 Å². The minimum atomic E-state index is 0.299. The summed E-state index contributed by atoms with van der Waals surface area (Å²) >= 11 is 0. The monoisotopic (exact) mass is 230 g/mol. The zero-order valence-corrected chi connectivity index (χ0v) is 9.60. The van der Waals surface area contributed by atoms with Crippen LogP contribution in [0.2, 0.25) is 0 Å². The second-order valence-electron chi connectivity index (χ2n) is 3.49. The minimum Gasteiger partial charge on any atom is -0.480 e. The van der Waals surface area contributed by atoms with Crippen molar-refractivity contribution in [3.05, 3.63) is 42.4 Å². The highest BCUT2D eigenvalue weighted by molar-refractivity contribution is 6.06. The quantitative estimate of drug-likeness (QED) is 0.618. The Bertz CT molecular complexity index is 571. The van der Waals surface area contributed by atoms with Crippen LogP contribution in [0.25, 0.3) is 11.0 Å². The van der Waals surface area contributed by atoms with Crippen molar-refractivity contribution in [3.63, 3.8) is 0 Å². The van der Waals surface area contributed by atoms with Crippen molar-refractivity contribution in [2.75, 3.05) is 13.7 Å². The number of aromatic amines is 1.